The molecule has 5 rings (SSSR count). The summed E-state index contributed by atoms with van der Waals surface area (Å²) in [6, 6.07) is 13.4. The van der Waals surface area contributed by atoms with E-state index in [0.717, 1.165) is 16.7 Å². The zero-order valence-corrected chi connectivity index (χ0v) is 22.7. The maximum Gasteiger partial charge on any atom is 0.411 e. The molecule has 2 amide bonds. The summed E-state index contributed by atoms with van der Waals surface area (Å²) < 4.78 is 119. The van der Waals surface area contributed by atoms with Crippen LogP contribution in [0, 0.1) is 6.85 Å². The van der Waals surface area contributed by atoms with Crippen LogP contribution in [0.1, 0.15) is 66.3 Å². The van der Waals surface area contributed by atoms with Gasteiger partial charge in [0.05, 0.1) is 12.0 Å². The molecule has 0 unspecified atom stereocenters. The second-order valence-electron chi connectivity index (χ2n) is 9.21. The second kappa shape index (κ2) is 11.7. The molecule has 1 fully saturated rings. The summed E-state index contributed by atoms with van der Waals surface area (Å²) in [5.41, 5.74) is 0.792. The molecule has 4 aromatic rings. The fourth-order valence-corrected chi connectivity index (χ4v) is 5.59. The number of aromatic nitrogens is 1. The number of sulfonamides is 1. The van der Waals surface area contributed by atoms with E-state index in [9.17, 15) is 18.0 Å². The molecule has 1 aliphatic carbocycles. The van der Waals surface area contributed by atoms with E-state index in [1.165, 1.54) is 61.8 Å². The van der Waals surface area contributed by atoms with Crippen molar-refractivity contribution in [1.82, 2.24) is 9.29 Å². The van der Waals surface area contributed by atoms with Gasteiger partial charge in [0, 0.05) is 55.5 Å². The quantitative estimate of drug-likeness (QED) is 0.274. The molecule has 1 aliphatic rings. The Bertz CT molecular complexity index is 2100. The Morgan fingerprint density at radius 1 is 1.07 bits per heavy atom. The SMILES string of the molecule is [2H]C([2H])([2H])c1ccccc1S(=O)(=O)NC(=O)c1ccc(Cc2cn(C([2H])([2H])[2H])c3ccc(NC(=O)OC4C([2H])([2H])CCC4([2H])[2H])cc23)c(OC)c1. The number of carbonyl (C=O) groups excluding carboxylic acids is 2. The van der Waals surface area contributed by atoms with Crippen LogP contribution in [0.5, 0.6) is 5.75 Å². The highest BCUT2D eigenvalue weighted by Gasteiger charge is 2.22. The molecule has 0 saturated heterocycles. The number of hydrogen-bond donors (Lipinski definition) is 2. The van der Waals surface area contributed by atoms with Gasteiger partial charge in [-0.05, 0) is 85.5 Å². The lowest BCUT2D eigenvalue weighted by molar-refractivity contribution is 0.0980. The van der Waals surface area contributed by atoms with Gasteiger partial charge >= 0.3 is 6.09 Å². The Kier molecular flexibility index (Phi) is 5.17. The van der Waals surface area contributed by atoms with Gasteiger partial charge in [-0.3, -0.25) is 10.1 Å². The van der Waals surface area contributed by atoms with Gasteiger partial charge in [-0.15, -0.1) is 0 Å². The minimum atomic E-state index is -4.60. The van der Waals surface area contributed by atoms with Gasteiger partial charge < -0.3 is 14.0 Å². The molecule has 0 spiro atoms. The number of aryl methyl sites for hydroxylation is 2. The number of hydrogen-bond acceptors (Lipinski definition) is 6. The lowest BCUT2D eigenvalue weighted by atomic mass is 10.0. The number of anilines is 1. The number of benzene rings is 3. The number of amides is 2. The molecule has 214 valence electrons. The molecule has 3 aromatic carbocycles. The van der Waals surface area contributed by atoms with Gasteiger partial charge in [0.25, 0.3) is 15.9 Å². The second-order valence-corrected chi connectivity index (χ2v) is 10.9. The highest BCUT2D eigenvalue weighted by molar-refractivity contribution is 7.90. The molecular weight excluding hydrogens is 542 g/mol. The van der Waals surface area contributed by atoms with Gasteiger partial charge in [0.1, 0.15) is 11.9 Å². The lowest BCUT2D eigenvalue weighted by Gasteiger charge is -2.13. The minimum absolute atomic E-state index is 0.0469. The first-order chi connectivity index (χ1) is 23.5. The van der Waals surface area contributed by atoms with Crippen molar-refractivity contribution < 1.29 is 41.2 Å². The standard InChI is InChI=1S/C31H33N3O6S/c1-20-8-4-7-11-29(20)41(37,38)33-30(35)22-13-12-21(28(17-22)39-3)16-23-19-34(2)27-15-14-24(18-26(23)27)32-31(36)40-25-9-5-6-10-25/h4,7-8,11-15,17-19,25H,5-6,9-10,16H2,1-3H3,(H,32,36)(H,33,35)/i1D3,2D3,9D2,10D2. The van der Waals surface area contributed by atoms with Crippen LogP contribution in [-0.2, 0) is 28.2 Å². The molecule has 41 heavy (non-hydrogen) atoms. The Balaban J connectivity index is 1.42. The Labute approximate surface area is 253 Å². The maximum absolute atomic E-state index is 13.1. The first kappa shape index (κ1) is 18.2. The van der Waals surface area contributed by atoms with E-state index < -0.39 is 65.2 Å². The molecule has 1 saturated carbocycles. The predicted octanol–water partition coefficient (Wildman–Crippen LogP) is 5.70. The predicted molar refractivity (Wildman–Crippen MR) is 157 cm³/mol. The number of carbonyl (C=O) groups is 2. The van der Waals surface area contributed by atoms with E-state index in [1.807, 2.05) is 4.72 Å². The fourth-order valence-electron chi connectivity index (χ4n) is 4.51. The lowest BCUT2D eigenvalue weighted by Crippen LogP contribution is -2.31. The number of ether oxygens (including phenoxy) is 2. The smallest absolute Gasteiger partial charge is 0.411 e. The minimum Gasteiger partial charge on any atom is -0.496 e. The van der Waals surface area contributed by atoms with Crippen molar-refractivity contribution in [1.29, 1.82) is 0 Å². The largest absolute Gasteiger partial charge is 0.496 e. The van der Waals surface area contributed by atoms with Crippen molar-refractivity contribution in [3.63, 3.8) is 0 Å². The number of nitrogens with one attached hydrogen (secondary N) is 2. The van der Waals surface area contributed by atoms with Crippen LogP contribution in [0.25, 0.3) is 10.9 Å². The number of methoxy groups -OCH3 is 1. The maximum atomic E-state index is 13.1. The Morgan fingerprint density at radius 3 is 2.63 bits per heavy atom. The third kappa shape index (κ3) is 6.22. The third-order valence-electron chi connectivity index (χ3n) is 6.48. The summed E-state index contributed by atoms with van der Waals surface area (Å²) in [6.07, 6.45) is -5.65. The van der Waals surface area contributed by atoms with Crippen molar-refractivity contribution >= 4 is 38.6 Å². The van der Waals surface area contributed by atoms with E-state index in [4.69, 9.17) is 23.2 Å². The normalized spacial score (nSPS) is 20.4. The molecule has 0 bridgehead atoms. The van der Waals surface area contributed by atoms with Crippen LogP contribution in [0.2, 0.25) is 0 Å². The monoisotopic (exact) mass is 585 g/mol. The fraction of sp³-hybridized carbons (Fsp3) is 0.290. The first-order valence-corrected chi connectivity index (χ1v) is 14.0. The first-order valence-electron chi connectivity index (χ1n) is 17.5. The summed E-state index contributed by atoms with van der Waals surface area (Å²) >= 11 is 0. The van der Waals surface area contributed by atoms with Crippen molar-refractivity contribution in [2.24, 2.45) is 6.98 Å². The average Bonchev–Trinajstić information content (AvgIpc) is 3.49. The van der Waals surface area contributed by atoms with E-state index in [0.29, 0.717) is 16.5 Å². The summed E-state index contributed by atoms with van der Waals surface area (Å²) in [7, 11) is -3.28. The summed E-state index contributed by atoms with van der Waals surface area (Å²) in [4.78, 5) is 25.3. The molecule has 1 heterocycles. The van der Waals surface area contributed by atoms with Gasteiger partial charge in [0.2, 0.25) is 0 Å². The molecule has 0 aliphatic heterocycles. The highest BCUT2D eigenvalue weighted by atomic mass is 32.2. The van der Waals surface area contributed by atoms with Crippen LogP contribution in [0.4, 0.5) is 10.5 Å². The number of fused-ring (bicyclic) bond motifs is 1. The summed E-state index contributed by atoms with van der Waals surface area (Å²) in [6.45, 7) is -5.35. The Hall–Kier alpha value is -4.31. The van der Waals surface area contributed by atoms with E-state index >= 15 is 0 Å². The zero-order chi connectivity index (χ0) is 37.7. The topological polar surface area (TPSA) is 116 Å². The van der Waals surface area contributed by atoms with E-state index in [-0.39, 0.29) is 41.8 Å². The molecule has 0 radical (unpaired) electrons. The molecule has 1 aromatic heterocycles. The number of nitrogens with zero attached hydrogens (tertiary/aromatic N) is 1. The van der Waals surface area contributed by atoms with E-state index in [1.54, 1.807) is 0 Å². The van der Waals surface area contributed by atoms with E-state index in [2.05, 4.69) is 5.32 Å². The van der Waals surface area contributed by atoms with Crippen LogP contribution in [0.3, 0.4) is 0 Å². The number of rotatable bonds is 8. The third-order valence-corrected chi connectivity index (χ3v) is 7.87. The molecule has 10 heteroatoms. The van der Waals surface area contributed by atoms with Crippen LogP contribution >= 0.6 is 0 Å². The van der Waals surface area contributed by atoms with Gasteiger partial charge in [-0.2, -0.15) is 0 Å². The van der Waals surface area contributed by atoms with Gasteiger partial charge in [0.15, 0.2) is 0 Å². The van der Waals surface area contributed by atoms with Crippen molar-refractivity contribution in [2.75, 3.05) is 12.4 Å². The highest BCUT2D eigenvalue weighted by Crippen LogP contribution is 2.30. The molecular formula is C31H33N3O6S. The summed E-state index contributed by atoms with van der Waals surface area (Å²) in [5, 5.41) is 2.87. The molecule has 2 N–H and O–H groups in total. The average molecular weight is 586 g/mol. The summed E-state index contributed by atoms with van der Waals surface area (Å²) in [5.74, 6) is -0.906. The van der Waals surface area contributed by atoms with Crippen LogP contribution < -0.4 is 14.8 Å². The van der Waals surface area contributed by atoms with Crippen molar-refractivity contribution in [3.8, 4) is 5.75 Å². The van der Waals surface area contributed by atoms with Gasteiger partial charge in [-0.1, -0.05) is 24.3 Å². The van der Waals surface area contributed by atoms with Crippen molar-refractivity contribution in [2.45, 2.75) is 49.9 Å². The Morgan fingerprint density at radius 2 is 1.88 bits per heavy atom. The van der Waals surface area contributed by atoms with Crippen LogP contribution in [-0.4, -0.2) is 38.2 Å². The van der Waals surface area contributed by atoms with Gasteiger partial charge in [-0.25, -0.2) is 17.9 Å². The molecule has 9 nitrogen and oxygen atoms in total. The molecule has 0 atom stereocenters. The van der Waals surface area contributed by atoms with Crippen molar-refractivity contribution in [3.05, 3.63) is 89.1 Å². The zero-order valence-electron chi connectivity index (χ0n) is 31.9. The van der Waals surface area contributed by atoms with Crippen LogP contribution in [0.15, 0.2) is 71.8 Å².